The molecule has 82 valence electrons. The maximum absolute atomic E-state index is 11.3. The van der Waals surface area contributed by atoms with E-state index in [1.165, 1.54) is 5.69 Å². The minimum atomic E-state index is 0.123. The van der Waals surface area contributed by atoms with E-state index < -0.39 is 0 Å². The molecule has 0 radical (unpaired) electrons. The molecule has 1 aliphatic heterocycles. The Morgan fingerprint density at radius 3 is 3.40 bits per heavy atom. The van der Waals surface area contributed by atoms with Gasteiger partial charge in [0.15, 0.2) is 0 Å². The van der Waals surface area contributed by atoms with Crippen LogP contribution in [0.2, 0.25) is 0 Å². The van der Waals surface area contributed by atoms with Gasteiger partial charge in [-0.15, -0.1) is 0 Å². The van der Waals surface area contributed by atoms with Crippen LogP contribution in [0.15, 0.2) is 18.3 Å². The molecule has 2 heterocycles. The van der Waals surface area contributed by atoms with Crippen molar-refractivity contribution < 1.29 is 4.79 Å². The molecular weight excluding hydrogens is 190 g/mol. The first-order chi connectivity index (χ1) is 7.29. The lowest BCUT2D eigenvalue weighted by atomic mass is 10.1. The van der Waals surface area contributed by atoms with Crippen molar-refractivity contribution in [1.82, 2.24) is 15.2 Å². The first-order valence-electron chi connectivity index (χ1n) is 5.35. The van der Waals surface area contributed by atoms with Gasteiger partial charge in [-0.2, -0.15) is 0 Å². The van der Waals surface area contributed by atoms with E-state index in [-0.39, 0.29) is 5.91 Å². The molecule has 1 aliphatic rings. The molecule has 1 atom stereocenters. The fraction of sp³-hybridized carbons (Fsp3) is 0.545. The summed E-state index contributed by atoms with van der Waals surface area (Å²) in [7, 11) is 1.69. The molecule has 1 amide bonds. The largest absolute Gasteiger partial charge is 0.359 e. The quantitative estimate of drug-likeness (QED) is 0.735. The molecule has 0 saturated heterocycles. The Bertz CT molecular complexity index is 345. The lowest BCUT2D eigenvalue weighted by Gasteiger charge is -2.14. The van der Waals surface area contributed by atoms with Crippen LogP contribution in [0.4, 0.5) is 0 Å². The molecule has 1 aromatic heterocycles. The van der Waals surface area contributed by atoms with Crippen molar-refractivity contribution in [3.63, 3.8) is 0 Å². The Hall–Kier alpha value is -1.29. The minimum absolute atomic E-state index is 0.123. The van der Waals surface area contributed by atoms with Crippen molar-refractivity contribution in [2.75, 3.05) is 13.6 Å². The molecule has 0 spiro atoms. The highest BCUT2D eigenvalue weighted by atomic mass is 16.1. The Kier molecular flexibility index (Phi) is 3.06. The standard InChI is InChI=1S/C11H17N3O/c1-12-11(15)5-9-6-13-7-10-3-2-4-14(10)8-9/h2-4,9,13H,5-8H2,1H3,(H,12,15)/t9-/m0/s1. The number of amides is 1. The summed E-state index contributed by atoms with van der Waals surface area (Å²) in [6, 6.07) is 4.18. The Labute approximate surface area is 89.7 Å². The van der Waals surface area contributed by atoms with Gasteiger partial charge in [0.25, 0.3) is 0 Å². The van der Waals surface area contributed by atoms with Gasteiger partial charge in [0, 0.05) is 45.0 Å². The zero-order valence-corrected chi connectivity index (χ0v) is 8.99. The van der Waals surface area contributed by atoms with Crippen molar-refractivity contribution in [3.8, 4) is 0 Å². The second-order valence-corrected chi connectivity index (χ2v) is 4.03. The van der Waals surface area contributed by atoms with E-state index in [9.17, 15) is 4.79 Å². The highest BCUT2D eigenvalue weighted by Gasteiger charge is 2.17. The smallest absolute Gasteiger partial charge is 0.220 e. The number of aromatic nitrogens is 1. The van der Waals surface area contributed by atoms with Gasteiger partial charge in [-0.05, 0) is 18.1 Å². The maximum atomic E-state index is 11.3. The van der Waals surface area contributed by atoms with Gasteiger partial charge in [-0.25, -0.2) is 0 Å². The van der Waals surface area contributed by atoms with Crippen LogP contribution >= 0.6 is 0 Å². The third-order valence-electron chi connectivity index (χ3n) is 2.87. The molecule has 1 aromatic rings. The van der Waals surface area contributed by atoms with Gasteiger partial charge in [-0.3, -0.25) is 4.79 Å². The van der Waals surface area contributed by atoms with Gasteiger partial charge < -0.3 is 15.2 Å². The van der Waals surface area contributed by atoms with Crippen molar-refractivity contribution in [3.05, 3.63) is 24.0 Å². The van der Waals surface area contributed by atoms with Crippen molar-refractivity contribution in [2.45, 2.75) is 19.5 Å². The van der Waals surface area contributed by atoms with Crippen LogP contribution in [-0.4, -0.2) is 24.1 Å². The SMILES string of the molecule is CNC(=O)C[C@H]1CNCc2cccn2C1. The second-order valence-electron chi connectivity index (χ2n) is 4.03. The van der Waals surface area contributed by atoms with E-state index >= 15 is 0 Å². The number of hydrogen-bond donors (Lipinski definition) is 2. The van der Waals surface area contributed by atoms with Crippen molar-refractivity contribution in [2.24, 2.45) is 5.92 Å². The molecule has 4 heteroatoms. The van der Waals surface area contributed by atoms with E-state index in [0.29, 0.717) is 12.3 Å². The molecule has 4 nitrogen and oxygen atoms in total. The number of carbonyl (C=O) groups is 1. The van der Waals surface area contributed by atoms with Gasteiger partial charge in [0.1, 0.15) is 0 Å². The molecule has 0 bridgehead atoms. The maximum Gasteiger partial charge on any atom is 0.220 e. The first kappa shape index (κ1) is 10.2. The topological polar surface area (TPSA) is 46.1 Å². The van der Waals surface area contributed by atoms with E-state index in [1.54, 1.807) is 7.05 Å². The van der Waals surface area contributed by atoms with Gasteiger partial charge in [-0.1, -0.05) is 0 Å². The van der Waals surface area contributed by atoms with Crippen molar-refractivity contribution in [1.29, 1.82) is 0 Å². The molecule has 15 heavy (non-hydrogen) atoms. The van der Waals surface area contributed by atoms with Gasteiger partial charge in [0.2, 0.25) is 5.91 Å². The van der Waals surface area contributed by atoms with E-state index in [4.69, 9.17) is 0 Å². The Morgan fingerprint density at radius 2 is 2.60 bits per heavy atom. The van der Waals surface area contributed by atoms with Gasteiger partial charge >= 0.3 is 0 Å². The van der Waals surface area contributed by atoms with Crippen LogP contribution in [0.1, 0.15) is 12.1 Å². The molecule has 2 N–H and O–H groups in total. The van der Waals surface area contributed by atoms with Crippen LogP contribution in [0.5, 0.6) is 0 Å². The van der Waals surface area contributed by atoms with Crippen LogP contribution < -0.4 is 10.6 Å². The Morgan fingerprint density at radius 1 is 1.73 bits per heavy atom. The van der Waals surface area contributed by atoms with Crippen LogP contribution in [0.3, 0.4) is 0 Å². The fourth-order valence-corrected chi connectivity index (χ4v) is 2.04. The first-order valence-corrected chi connectivity index (χ1v) is 5.35. The van der Waals surface area contributed by atoms with E-state index in [1.807, 2.05) is 0 Å². The molecule has 2 rings (SSSR count). The van der Waals surface area contributed by atoms with Crippen molar-refractivity contribution >= 4 is 5.91 Å². The number of nitrogens with one attached hydrogen (secondary N) is 2. The minimum Gasteiger partial charge on any atom is -0.359 e. The predicted octanol–water partition coefficient (Wildman–Crippen LogP) is 0.344. The summed E-state index contributed by atoms with van der Waals surface area (Å²) in [5.74, 6) is 0.510. The monoisotopic (exact) mass is 207 g/mol. The molecular formula is C11H17N3O. The number of nitrogens with zero attached hydrogens (tertiary/aromatic N) is 1. The summed E-state index contributed by atoms with van der Waals surface area (Å²) in [5.41, 5.74) is 1.30. The second kappa shape index (κ2) is 4.49. The van der Waals surface area contributed by atoms with Crippen LogP contribution in [0, 0.1) is 5.92 Å². The summed E-state index contributed by atoms with van der Waals surface area (Å²) < 4.78 is 2.23. The zero-order valence-electron chi connectivity index (χ0n) is 8.99. The summed E-state index contributed by atoms with van der Waals surface area (Å²) in [6.07, 6.45) is 2.68. The molecule has 0 unspecified atom stereocenters. The van der Waals surface area contributed by atoms with Gasteiger partial charge in [0.05, 0.1) is 0 Å². The number of rotatable bonds is 2. The lowest BCUT2D eigenvalue weighted by molar-refractivity contribution is -0.121. The highest BCUT2D eigenvalue weighted by Crippen LogP contribution is 2.13. The highest BCUT2D eigenvalue weighted by molar-refractivity contribution is 5.75. The summed E-state index contributed by atoms with van der Waals surface area (Å²) in [6.45, 7) is 2.75. The average Bonchev–Trinajstić information content (AvgIpc) is 2.58. The molecule has 0 saturated carbocycles. The van der Waals surface area contributed by atoms with E-state index in [0.717, 1.165) is 19.6 Å². The summed E-state index contributed by atoms with van der Waals surface area (Å²) in [4.78, 5) is 11.3. The Balaban J connectivity index is 2.02. The molecule has 0 fully saturated rings. The summed E-state index contributed by atoms with van der Waals surface area (Å²) in [5, 5.41) is 6.04. The zero-order chi connectivity index (χ0) is 10.7. The third-order valence-corrected chi connectivity index (χ3v) is 2.87. The fourth-order valence-electron chi connectivity index (χ4n) is 2.04. The number of carbonyl (C=O) groups excluding carboxylic acids is 1. The number of hydrogen-bond acceptors (Lipinski definition) is 2. The van der Waals surface area contributed by atoms with Crippen LogP contribution in [-0.2, 0) is 17.9 Å². The average molecular weight is 207 g/mol. The van der Waals surface area contributed by atoms with Crippen LogP contribution in [0.25, 0.3) is 0 Å². The third kappa shape index (κ3) is 2.39. The number of fused-ring (bicyclic) bond motifs is 1. The predicted molar refractivity (Wildman–Crippen MR) is 58.3 cm³/mol. The summed E-state index contributed by atoms with van der Waals surface area (Å²) >= 11 is 0. The molecule has 0 aliphatic carbocycles. The van der Waals surface area contributed by atoms with E-state index in [2.05, 4.69) is 33.5 Å². The normalized spacial score (nSPS) is 20.5. The lowest BCUT2D eigenvalue weighted by Crippen LogP contribution is -2.28. The molecule has 0 aromatic carbocycles.